The van der Waals surface area contributed by atoms with Gasteiger partial charge in [0.2, 0.25) is 5.95 Å². The fraction of sp³-hybridized carbons (Fsp3) is 0.231. The van der Waals surface area contributed by atoms with Crippen LogP contribution >= 0.6 is 11.8 Å². The maximum Gasteiger partial charge on any atom is 0.217 e. The van der Waals surface area contributed by atoms with Gasteiger partial charge in [0.25, 0.3) is 0 Å². The summed E-state index contributed by atoms with van der Waals surface area (Å²) in [5.74, 6) is -0.483. The van der Waals surface area contributed by atoms with Gasteiger partial charge in [-0.2, -0.15) is 4.39 Å². The molecule has 2 nitrogen and oxygen atoms in total. The molecule has 17 heavy (non-hydrogen) atoms. The number of aryl methyl sites for hydroxylation is 2. The Morgan fingerprint density at radius 1 is 1.06 bits per heavy atom. The molecule has 0 radical (unpaired) electrons. The van der Waals surface area contributed by atoms with Crippen LogP contribution in [0.2, 0.25) is 0 Å². The average molecular weight is 246 g/mol. The van der Waals surface area contributed by atoms with E-state index in [9.17, 15) is 4.39 Å². The van der Waals surface area contributed by atoms with E-state index in [-0.39, 0.29) is 0 Å². The van der Waals surface area contributed by atoms with Gasteiger partial charge >= 0.3 is 0 Å². The van der Waals surface area contributed by atoms with Crippen LogP contribution < -0.4 is 0 Å². The maximum absolute atomic E-state index is 12.9. The largest absolute Gasteiger partial charge is 0.229 e. The molecule has 1 aromatic carbocycles. The second-order valence-electron chi connectivity index (χ2n) is 4.07. The molecule has 1 aliphatic rings. The van der Waals surface area contributed by atoms with Gasteiger partial charge in [0.15, 0.2) is 0 Å². The highest BCUT2D eigenvalue weighted by Gasteiger charge is 2.11. The van der Waals surface area contributed by atoms with E-state index in [1.165, 1.54) is 48.1 Å². The summed E-state index contributed by atoms with van der Waals surface area (Å²) in [5.41, 5.74) is 2.87. The Balaban J connectivity index is 1.86. The van der Waals surface area contributed by atoms with Gasteiger partial charge in [-0.25, -0.2) is 9.97 Å². The molecule has 1 heterocycles. The highest BCUT2D eigenvalue weighted by atomic mass is 32.2. The maximum atomic E-state index is 12.9. The fourth-order valence-corrected chi connectivity index (χ4v) is 2.94. The Morgan fingerprint density at radius 3 is 2.82 bits per heavy atom. The quantitative estimate of drug-likeness (QED) is 0.761. The van der Waals surface area contributed by atoms with Crippen molar-refractivity contribution in [3.05, 3.63) is 47.7 Å². The SMILES string of the molecule is Fc1cc(Sc2ccc3c(c2)CCC3)ncn1. The van der Waals surface area contributed by atoms with Gasteiger partial charge in [-0.1, -0.05) is 17.8 Å². The lowest BCUT2D eigenvalue weighted by molar-refractivity contribution is 0.572. The number of halogens is 1. The first-order chi connectivity index (χ1) is 8.31. The molecule has 3 rings (SSSR count). The van der Waals surface area contributed by atoms with Crippen molar-refractivity contribution in [3.8, 4) is 0 Å². The second-order valence-corrected chi connectivity index (χ2v) is 5.16. The molecule has 0 bridgehead atoms. The van der Waals surface area contributed by atoms with Crippen molar-refractivity contribution in [2.45, 2.75) is 29.2 Å². The molecule has 0 N–H and O–H groups in total. The van der Waals surface area contributed by atoms with Gasteiger partial charge in [-0.3, -0.25) is 0 Å². The number of fused-ring (bicyclic) bond motifs is 1. The first-order valence-corrected chi connectivity index (χ1v) is 6.40. The van der Waals surface area contributed by atoms with Crippen LogP contribution in [-0.4, -0.2) is 9.97 Å². The zero-order chi connectivity index (χ0) is 11.7. The Bertz CT molecular complexity index is 557. The van der Waals surface area contributed by atoms with Crippen LogP contribution in [0, 0.1) is 5.95 Å². The molecule has 0 spiro atoms. The number of aromatic nitrogens is 2. The Labute approximate surface area is 103 Å². The molecule has 0 amide bonds. The number of hydrogen-bond donors (Lipinski definition) is 0. The highest BCUT2D eigenvalue weighted by molar-refractivity contribution is 7.99. The molecule has 0 aliphatic heterocycles. The minimum atomic E-state index is -0.483. The van der Waals surface area contributed by atoms with E-state index < -0.39 is 5.95 Å². The van der Waals surface area contributed by atoms with Crippen LogP contribution in [0.15, 0.2) is 40.5 Å². The third-order valence-corrected chi connectivity index (χ3v) is 3.82. The van der Waals surface area contributed by atoms with Crippen LogP contribution in [0.3, 0.4) is 0 Å². The third kappa shape index (κ3) is 2.31. The normalized spacial score (nSPS) is 13.7. The zero-order valence-electron chi connectivity index (χ0n) is 9.19. The summed E-state index contributed by atoms with van der Waals surface area (Å²) in [6.07, 6.45) is 4.83. The number of rotatable bonds is 2. The predicted molar refractivity (Wildman–Crippen MR) is 64.6 cm³/mol. The third-order valence-electron chi connectivity index (χ3n) is 2.90. The summed E-state index contributed by atoms with van der Waals surface area (Å²) in [5, 5.41) is 0.649. The number of benzene rings is 1. The van der Waals surface area contributed by atoms with E-state index in [4.69, 9.17) is 0 Å². The molecular formula is C13H11FN2S. The molecule has 1 aliphatic carbocycles. The minimum Gasteiger partial charge on any atom is -0.229 e. The van der Waals surface area contributed by atoms with Gasteiger partial charge in [-0.05, 0) is 42.5 Å². The van der Waals surface area contributed by atoms with Gasteiger partial charge in [0, 0.05) is 11.0 Å². The van der Waals surface area contributed by atoms with Gasteiger partial charge in [0.05, 0.1) is 0 Å². The Hall–Kier alpha value is -1.42. The van der Waals surface area contributed by atoms with Crippen LogP contribution in [0.4, 0.5) is 4.39 Å². The zero-order valence-corrected chi connectivity index (χ0v) is 10.0. The highest BCUT2D eigenvalue weighted by Crippen LogP contribution is 2.30. The fourth-order valence-electron chi connectivity index (χ4n) is 2.11. The van der Waals surface area contributed by atoms with Crippen LogP contribution in [0.5, 0.6) is 0 Å². The van der Waals surface area contributed by atoms with Crippen molar-refractivity contribution in [1.82, 2.24) is 9.97 Å². The van der Waals surface area contributed by atoms with E-state index in [0.717, 1.165) is 11.3 Å². The van der Waals surface area contributed by atoms with Crippen LogP contribution in [-0.2, 0) is 12.8 Å². The van der Waals surface area contributed by atoms with E-state index >= 15 is 0 Å². The lowest BCUT2D eigenvalue weighted by Crippen LogP contribution is -1.87. The molecule has 0 fully saturated rings. The summed E-state index contributed by atoms with van der Waals surface area (Å²) < 4.78 is 12.9. The molecule has 1 aromatic heterocycles. The Morgan fingerprint density at radius 2 is 1.94 bits per heavy atom. The average Bonchev–Trinajstić information content (AvgIpc) is 2.76. The summed E-state index contributed by atoms with van der Waals surface area (Å²) >= 11 is 1.48. The van der Waals surface area contributed by atoms with Crippen molar-refractivity contribution in [2.75, 3.05) is 0 Å². The first kappa shape index (κ1) is 10.7. The molecular weight excluding hydrogens is 235 g/mol. The van der Waals surface area contributed by atoms with E-state index in [1.54, 1.807) is 0 Å². The number of hydrogen-bond acceptors (Lipinski definition) is 3. The standard InChI is InChI=1S/C13H11FN2S/c14-12-7-13(16-8-15-12)17-11-5-4-9-2-1-3-10(9)6-11/h4-8H,1-3H2. The smallest absolute Gasteiger partial charge is 0.217 e. The lowest BCUT2D eigenvalue weighted by atomic mass is 10.1. The topological polar surface area (TPSA) is 25.8 Å². The lowest BCUT2D eigenvalue weighted by Gasteiger charge is -2.04. The van der Waals surface area contributed by atoms with Crippen molar-refractivity contribution in [1.29, 1.82) is 0 Å². The molecule has 0 saturated heterocycles. The summed E-state index contributed by atoms with van der Waals surface area (Å²) in [7, 11) is 0. The summed E-state index contributed by atoms with van der Waals surface area (Å²) in [4.78, 5) is 8.60. The summed E-state index contributed by atoms with van der Waals surface area (Å²) in [6.45, 7) is 0. The molecule has 0 unspecified atom stereocenters. The van der Waals surface area contributed by atoms with E-state index in [2.05, 4.69) is 28.2 Å². The van der Waals surface area contributed by atoms with Gasteiger partial charge in [-0.15, -0.1) is 0 Å². The Kier molecular flexibility index (Phi) is 2.81. The molecule has 0 saturated carbocycles. The molecule has 86 valence electrons. The van der Waals surface area contributed by atoms with Crippen molar-refractivity contribution in [2.24, 2.45) is 0 Å². The predicted octanol–water partition coefficient (Wildman–Crippen LogP) is 3.26. The second kappa shape index (κ2) is 4.45. The minimum absolute atomic E-state index is 0.483. The van der Waals surface area contributed by atoms with Crippen molar-refractivity contribution >= 4 is 11.8 Å². The van der Waals surface area contributed by atoms with E-state index in [1.807, 2.05) is 0 Å². The molecule has 2 aromatic rings. The molecule has 4 heteroatoms. The van der Waals surface area contributed by atoms with Crippen molar-refractivity contribution in [3.63, 3.8) is 0 Å². The van der Waals surface area contributed by atoms with Crippen LogP contribution in [0.25, 0.3) is 0 Å². The van der Waals surface area contributed by atoms with Gasteiger partial charge in [0.1, 0.15) is 11.4 Å². The first-order valence-electron chi connectivity index (χ1n) is 5.58. The van der Waals surface area contributed by atoms with Gasteiger partial charge < -0.3 is 0 Å². The monoisotopic (exact) mass is 246 g/mol. The summed E-state index contributed by atoms with van der Waals surface area (Å²) in [6, 6.07) is 7.79. The van der Waals surface area contributed by atoms with Crippen LogP contribution in [0.1, 0.15) is 17.5 Å². The van der Waals surface area contributed by atoms with E-state index in [0.29, 0.717) is 5.03 Å². The van der Waals surface area contributed by atoms with Crippen molar-refractivity contribution < 1.29 is 4.39 Å². The number of nitrogens with zero attached hydrogens (tertiary/aromatic N) is 2. The molecule has 0 atom stereocenters.